The second-order valence-electron chi connectivity index (χ2n) is 9.28. The number of piperidine rings is 1. The first-order valence-corrected chi connectivity index (χ1v) is 12.8. The molecule has 0 spiro atoms. The number of hydrogen-bond donors (Lipinski definition) is 0. The van der Waals surface area contributed by atoms with Gasteiger partial charge < -0.3 is 9.64 Å². The molecule has 32 heavy (non-hydrogen) atoms. The molecule has 2 atom stereocenters. The van der Waals surface area contributed by atoms with Gasteiger partial charge in [-0.1, -0.05) is 44.2 Å². The lowest BCUT2D eigenvalue weighted by Crippen LogP contribution is -2.42. The van der Waals surface area contributed by atoms with Crippen LogP contribution in [0.1, 0.15) is 49.0 Å². The fraction of sp³-hybridized carbons (Fsp3) is 0.480. The van der Waals surface area contributed by atoms with Crippen molar-refractivity contribution in [1.29, 1.82) is 0 Å². The molecule has 2 fully saturated rings. The van der Waals surface area contributed by atoms with E-state index in [0.717, 1.165) is 24.8 Å². The number of amides is 1. The lowest BCUT2D eigenvalue weighted by molar-refractivity contribution is 0.0729. The van der Waals surface area contributed by atoms with Crippen LogP contribution in [0.25, 0.3) is 0 Å². The fourth-order valence-corrected chi connectivity index (χ4v) is 6.51. The third-order valence-electron chi connectivity index (χ3n) is 6.31. The number of carbonyl (C=O) groups excluding carboxylic acids is 1. The van der Waals surface area contributed by atoms with Crippen LogP contribution in [-0.4, -0.2) is 49.8 Å². The summed E-state index contributed by atoms with van der Waals surface area (Å²) < 4.78 is 34.1. The van der Waals surface area contributed by atoms with E-state index in [4.69, 9.17) is 4.74 Å². The van der Waals surface area contributed by atoms with E-state index in [1.165, 1.54) is 13.2 Å². The van der Waals surface area contributed by atoms with Crippen LogP contribution in [-0.2, 0) is 16.6 Å². The predicted molar refractivity (Wildman–Crippen MR) is 124 cm³/mol. The highest BCUT2D eigenvalue weighted by molar-refractivity contribution is 7.89. The summed E-state index contributed by atoms with van der Waals surface area (Å²) in [6, 6.07) is 14.9. The summed E-state index contributed by atoms with van der Waals surface area (Å²) >= 11 is 0. The SMILES string of the molecule is COc1ccc(C(=O)N(Cc2ccccc2)C2CC2)cc1S(=O)(=O)N1C[C@H](C)C[C@H](C)C1. The fourth-order valence-electron chi connectivity index (χ4n) is 4.65. The van der Waals surface area contributed by atoms with Crippen molar-refractivity contribution in [2.75, 3.05) is 20.2 Å². The first kappa shape index (κ1) is 22.8. The number of methoxy groups -OCH3 is 1. The van der Waals surface area contributed by atoms with E-state index < -0.39 is 10.0 Å². The van der Waals surface area contributed by atoms with E-state index in [2.05, 4.69) is 13.8 Å². The van der Waals surface area contributed by atoms with Crippen LogP contribution in [0.2, 0.25) is 0 Å². The Morgan fingerprint density at radius 1 is 1.06 bits per heavy atom. The van der Waals surface area contributed by atoms with Gasteiger partial charge in [0.05, 0.1) is 7.11 Å². The average molecular weight is 457 g/mol. The van der Waals surface area contributed by atoms with Gasteiger partial charge in [0.2, 0.25) is 10.0 Å². The Hall–Kier alpha value is -2.38. The molecule has 4 rings (SSSR count). The third-order valence-corrected chi connectivity index (χ3v) is 8.16. The number of ether oxygens (including phenoxy) is 1. The molecule has 0 bridgehead atoms. The quantitative estimate of drug-likeness (QED) is 0.627. The van der Waals surface area contributed by atoms with Gasteiger partial charge in [-0.25, -0.2) is 8.42 Å². The molecule has 172 valence electrons. The number of sulfonamides is 1. The zero-order valence-electron chi connectivity index (χ0n) is 19.0. The summed E-state index contributed by atoms with van der Waals surface area (Å²) in [5.41, 5.74) is 1.44. The number of rotatable bonds is 7. The van der Waals surface area contributed by atoms with Crippen molar-refractivity contribution in [2.24, 2.45) is 11.8 Å². The predicted octanol–water partition coefficient (Wildman–Crippen LogP) is 4.17. The van der Waals surface area contributed by atoms with Crippen LogP contribution >= 0.6 is 0 Å². The van der Waals surface area contributed by atoms with E-state index in [1.54, 1.807) is 16.4 Å². The lowest BCUT2D eigenvalue weighted by Gasteiger charge is -2.34. The molecule has 1 aliphatic heterocycles. The zero-order valence-corrected chi connectivity index (χ0v) is 19.8. The van der Waals surface area contributed by atoms with Crippen molar-refractivity contribution in [2.45, 2.75) is 50.6 Å². The maximum absolute atomic E-state index is 13.6. The Labute approximate surface area is 191 Å². The number of nitrogens with zero attached hydrogens (tertiary/aromatic N) is 2. The molecular weight excluding hydrogens is 424 g/mol. The van der Waals surface area contributed by atoms with Gasteiger partial charge in [0, 0.05) is 31.2 Å². The van der Waals surface area contributed by atoms with E-state index in [9.17, 15) is 13.2 Å². The largest absolute Gasteiger partial charge is 0.495 e. The Morgan fingerprint density at radius 2 is 1.72 bits per heavy atom. The molecule has 1 saturated carbocycles. The van der Waals surface area contributed by atoms with Gasteiger partial charge >= 0.3 is 0 Å². The lowest BCUT2D eigenvalue weighted by atomic mass is 9.94. The van der Waals surface area contributed by atoms with Crippen molar-refractivity contribution in [1.82, 2.24) is 9.21 Å². The molecule has 1 amide bonds. The van der Waals surface area contributed by atoms with E-state index >= 15 is 0 Å². The van der Waals surface area contributed by atoms with E-state index in [1.807, 2.05) is 35.2 Å². The smallest absolute Gasteiger partial charge is 0.254 e. The van der Waals surface area contributed by atoms with Crippen LogP contribution in [0.3, 0.4) is 0 Å². The van der Waals surface area contributed by atoms with E-state index in [-0.39, 0.29) is 22.6 Å². The van der Waals surface area contributed by atoms with Gasteiger partial charge in [0.1, 0.15) is 10.6 Å². The van der Waals surface area contributed by atoms with Crippen LogP contribution in [0.15, 0.2) is 53.4 Å². The molecule has 6 nitrogen and oxygen atoms in total. The topological polar surface area (TPSA) is 66.9 Å². The first-order chi connectivity index (χ1) is 15.3. The number of benzene rings is 2. The van der Waals surface area contributed by atoms with Crippen LogP contribution in [0.5, 0.6) is 5.75 Å². The molecule has 1 heterocycles. The standard InChI is InChI=1S/C25H32N2O4S/c1-18-13-19(2)16-26(15-18)32(29,30)24-14-21(9-12-23(24)31-3)25(28)27(22-10-11-22)17-20-7-5-4-6-8-20/h4-9,12,14,18-19,22H,10-11,13,15-17H2,1-3H3/t18-,19+. The molecule has 0 aromatic heterocycles. The highest BCUT2D eigenvalue weighted by Gasteiger charge is 2.36. The van der Waals surface area contributed by atoms with Crippen molar-refractivity contribution in [3.63, 3.8) is 0 Å². The second-order valence-corrected chi connectivity index (χ2v) is 11.2. The summed E-state index contributed by atoms with van der Waals surface area (Å²) in [6.45, 7) is 5.63. The van der Waals surface area contributed by atoms with Gasteiger partial charge in [0.25, 0.3) is 5.91 Å². The van der Waals surface area contributed by atoms with Gasteiger partial charge in [-0.05, 0) is 54.9 Å². The summed E-state index contributed by atoms with van der Waals surface area (Å²) in [4.78, 5) is 15.4. The van der Waals surface area contributed by atoms with Crippen molar-refractivity contribution in [3.05, 3.63) is 59.7 Å². The molecule has 1 saturated heterocycles. The highest BCUT2D eigenvalue weighted by atomic mass is 32.2. The molecule has 0 radical (unpaired) electrons. The zero-order chi connectivity index (χ0) is 22.9. The van der Waals surface area contributed by atoms with Crippen LogP contribution < -0.4 is 4.74 Å². The van der Waals surface area contributed by atoms with Crippen LogP contribution in [0, 0.1) is 11.8 Å². The summed E-state index contributed by atoms with van der Waals surface area (Å²) in [7, 11) is -2.32. The number of carbonyl (C=O) groups is 1. The van der Waals surface area contributed by atoms with E-state index in [0.29, 0.717) is 37.0 Å². The van der Waals surface area contributed by atoms with Crippen molar-refractivity contribution in [3.8, 4) is 5.75 Å². The van der Waals surface area contributed by atoms with Gasteiger partial charge in [-0.2, -0.15) is 4.31 Å². The molecular formula is C25H32N2O4S. The minimum absolute atomic E-state index is 0.0719. The van der Waals surface area contributed by atoms with Crippen molar-refractivity contribution >= 4 is 15.9 Å². The average Bonchev–Trinajstić information content (AvgIpc) is 3.62. The maximum Gasteiger partial charge on any atom is 0.254 e. The summed E-state index contributed by atoms with van der Waals surface area (Å²) in [5.74, 6) is 0.713. The molecule has 1 aliphatic carbocycles. The second kappa shape index (κ2) is 9.24. The van der Waals surface area contributed by atoms with Crippen molar-refractivity contribution < 1.29 is 17.9 Å². The van der Waals surface area contributed by atoms with Gasteiger partial charge in [0.15, 0.2) is 0 Å². The molecule has 2 aliphatic rings. The first-order valence-electron chi connectivity index (χ1n) is 11.3. The normalized spacial score (nSPS) is 21.8. The Morgan fingerprint density at radius 3 is 2.31 bits per heavy atom. The maximum atomic E-state index is 13.6. The molecule has 7 heteroatoms. The Kier molecular flexibility index (Phi) is 6.58. The molecule has 0 N–H and O–H groups in total. The Bertz CT molecular complexity index is 1060. The third kappa shape index (κ3) is 4.84. The van der Waals surface area contributed by atoms with Gasteiger partial charge in [-0.3, -0.25) is 4.79 Å². The monoisotopic (exact) mass is 456 g/mol. The van der Waals surface area contributed by atoms with Crippen LogP contribution in [0.4, 0.5) is 0 Å². The molecule has 0 unspecified atom stereocenters. The number of hydrogen-bond acceptors (Lipinski definition) is 4. The molecule has 2 aromatic carbocycles. The summed E-state index contributed by atoms with van der Waals surface area (Å²) in [6.07, 6.45) is 2.96. The minimum Gasteiger partial charge on any atom is -0.495 e. The Balaban J connectivity index is 1.65. The highest BCUT2D eigenvalue weighted by Crippen LogP contribution is 2.34. The minimum atomic E-state index is -3.78. The summed E-state index contributed by atoms with van der Waals surface area (Å²) in [5, 5.41) is 0. The molecule has 2 aromatic rings. The van der Waals surface area contributed by atoms with Gasteiger partial charge in [-0.15, -0.1) is 0 Å².